The van der Waals surface area contributed by atoms with Crippen LogP contribution in [0.4, 0.5) is 8.78 Å². The lowest BCUT2D eigenvalue weighted by Crippen LogP contribution is -1.96. The van der Waals surface area contributed by atoms with E-state index in [0.717, 1.165) is 11.3 Å². The molecule has 0 aliphatic heterocycles. The van der Waals surface area contributed by atoms with Gasteiger partial charge >= 0.3 is 5.97 Å². The number of carboxylic acids is 1. The van der Waals surface area contributed by atoms with Gasteiger partial charge in [0.05, 0.1) is 22.0 Å². The Balaban J connectivity index is 2.71. The van der Waals surface area contributed by atoms with Crippen LogP contribution < -0.4 is 0 Å². The number of aromatic nitrogens is 1. The Labute approximate surface area is 83.4 Å². The Kier molecular flexibility index (Phi) is 3.51. The molecule has 0 radical (unpaired) electrons. The number of hydrogen-bond acceptors (Lipinski definition) is 3. The highest BCUT2D eigenvalue weighted by atomic mass is 32.1. The van der Waals surface area contributed by atoms with E-state index in [0.29, 0.717) is 10.7 Å². The van der Waals surface area contributed by atoms with E-state index in [1.807, 2.05) is 0 Å². The number of nitrogens with zero attached hydrogens (tertiary/aromatic N) is 1. The van der Waals surface area contributed by atoms with Crippen LogP contribution in [-0.4, -0.2) is 16.1 Å². The molecule has 0 aliphatic rings. The maximum Gasteiger partial charge on any atom is 0.303 e. The second-order valence-electron chi connectivity index (χ2n) is 2.75. The quantitative estimate of drug-likeness (QED) is 0.849. The van der Waals surface area contributed by atoms with Gasteiger partial charge < -0.3 is 5.11 Å². The molecule has 1 N–H and O–H groups in total. The Morgan fingerprint density at radius 3 is 2.71 bits per heavy atom. The molecular formula is C8H9F2NO2S. The zero-order chi connectivity index (χ0) is 10.7. The molecule has 0 fully saturated rings. The fourth-order valence-corrected chi connectivity index (χ4v) is 1.91. The molecule has 1 aromatic heterocycles. The van der Waals surface area contributed by atoms with Crippen molar-refractivity contribution in [2.75, 3.05) is 0 Å². The van der Waals surface area contributed by atoms with E-state index in [2.05, 4.69) is 4.98 Å². The molecule has 0 bridgehead atoms. The molecule has 0 saturated carbocycles. The standard InChI is InChI=1S/C8H9F2NO2S/c1-4-7(8(9)10)14-5(11-4)2-3-6(12)13/h8H,2-3H2,1H3,(H,12,13). The van der Waals surface area contributed by atoms with Gasteiger partial charge in [-0.2, -0.15) is 0 Å². The molecule has 0 saturated heterocycles. The molecule has 1 rings (SSSR count). The summed E-state index contributed by atoms with van der Waals surface area (Å²) in [5.74, 6) is -0.948. The highest BCUT2D eigenvalue weighted by molar-refractivity contribution is 7.11. The van der Waals surface area contributed by atoms with Gasteiger partial charge in [0.2, 0.25) is 0 Å². The number of carboxylic acid groups (broad SMARTS) is 1. The third kappa shape index (κ3) is 2.73. The van der Waals surface area contributed by atoms with Crippen molar-refractivity contribution in [2.24, 2.45) is 0 Å². The molecule has 1 heterocycles. The van der Waals surface area contributed by atoms with Gasteiger partial charge in [-0.05, 0) is 6.92 Å². The fourth-order valence-electron chi connectivity index (χ4n) is 0.989. The van der Waals surface area contributed by atoms with E-state index in [4.69, 9.17) is 5.11 Å². The van der Waals surface area contributed by atoms with Crippen molar-refractivity contribution in [3.8, 4) is 0 Å². The highest BCUT2D eigenvalue weighted by Gasteiger charge is 2.16. The van der Waals surface area contributed by atoms with Crippen LogP contribution in [0.3, 0.4) is 0 Å². The van der Waals surface area contributed by atoms with Crippen LogP contribution in [0.15, 0.2) is 0 Å². The molecule has 6 heteroatoms. The minimum absolute atomic E-state index is 0.0645. The van der Waals surface area contributed by atoms with Crippen LogP contribution in [0, 0.1) is 6.92 Å². The first kappa shape index (κ1) is 11.0. The van der Waals surface area contributed by atoms with Gasteiger partial charge in [0, 0.05) is 6.42 Å². The second kappa shape index (κ2) is 4.45. The lowest BCUT2D eigenvalue weighted by molar-refractivity contribution is -0.136. The van der Waals surface area contributed by atoms with Gasteiger partial charge in [-0.25, -0.2) is 13.8 Å². The minimum atomic E-state index is -2.52. The van der Waals surface area contributed by atoms with Crippen molar-refractivity contribution in [2.45, 2.75) is 26.2 Å². The lowest BCUT2D eigenvalue weighted by Gasteiger charge is -1.92. The van der Waals surface area contributed by atoms with Gasteiger partial charge in [-0.3, -0.25) is 4.79 Å². The number of carbonyl (C=O) groups is 1. The summed E-state index contributed by atoms with van der Waals surface area (Å²) in [6.07, 6.45) is -2.38. The van der Waals surface area contributed by atoms with Gasteiger partial charge in [-0.15, -0.1) is 11.3 Å². The van der Waals surface area contributed by atoms with Crippen LogP contribution in [0.1, 0.15) is 28.4 Å². The zero-order valence-corrected chi connectivity index (χ0v) is 8.27. The predicted octanol–water partition coefficient (Wildman–Crippen LogP) is 2.41. The largest absolute Gasteiger partial charge is 0.481 e. The summed E-state index contributed by atoms with van der Waals surface area (Å²) in [5.41, 5.74) is 0.297. The van der Waals surface area contributed by atoms with E-state index in [-0.39, 0.29) is 17.7 Å². The number of alkyl halides is 2. The molecule has 78 valence electrons. The smallest absolute Gasteiger partial charge is 0.303 e. The molecule has 3 nitrogen and oxygen atoms in total. The maximum atomic E-state index is 12.3. The zero-order valence-electron chi connectivity index (χ0n) is 7.46. The number of aliphatic carboxylic acids is 1. The number of aryl methyl sites for hydroxylation is 2. The van der Waals surface area contributed by atoms with Crippen molar-refractivity contribution in [1.82, 2.24) is 4.98 Å². The number of hydrogen-bond donors (Lipinski definition) is 1. The molecule has 0 spiro atoms. The van der Waals surface area contributed by atoms with Crippen molar-refractivity contribution in [1.29, 1.82) is 0 Å². The van der Waals surface area contributed by atoms with Crippen LogP contribution in [0.2, 0.25) is 0 Å². The summed E-state index contributed by atoms with van der Waals surface area (Å²) in [6, 6.07) is 0. The molecule has 0 unspecified atom stereocenters. The van der Waals surface area contributed by atoms with Gasteiger partial charge in [-0.1, -0.05) is 0 Å². The van der Waals surface area contributed by atoms with Gasteiger partial charge in [0.1, 0.15) is 0 Å². The minimum Gasteiger partial charge on any atom is -0.481 e. The molecular weight excluding hydrogens is 212 g/mol. The molecule has 1 aromatic rings. The predicted molar refractivity (Wildman–Crippen MR) is 47.8 cm³/mol. The fraction of sp³-hybridized carbons (Fsp3) is 0.500. The molecule has 0 amide bonds. The summed E-state index contributed by atoms with van der Waals surface area (Å²) in [6.45, 7) is 1.50. The first-order valence-electron chi connectivity index (χ1n) is 3.97. The monoisotopic (exact) mass is 221 g/mol. The van der Waals surface area contributed by atoms with Crippen molar-refractivity contribution < 1.29 is 18.7 Å². The van der Waals surface area contributed by atoms with E-state index in [1.165, 1.54) is 6.92 Å². The first-order chi connectivity index (χ1) is 6.50. The van der Waals surface area contributed by atoms with E-state index >= 15 is 0 Å². The highest BCUT2D eigenvalue weighted by Crippen LogP contribution is 2.29. The molecule has 0 atom stereocenters. The Morgan fingerprint density at radius 2 is 2.29 bits per heavy atom. The van der Waals surface area contributed by atoms with E-state index in [1.54, 1.807) is 0 Å². The van der Waals surface area contributed by atoms with Crippen molar-refractivity contribution >= 4 is 17.3 Å². The summed E-state index contributed by atoms with van der Waals surface area (Å²) in [4.78, 5) is 14.0. The van der Waals surface area contributed by atoms with E-state index in [9.17, 15) is 13.6 Å². The van der Waals surface area contributed by atoms with E-state index < -0.39 is 12.4 Å². The average Bonchev–Trinajstić information content (AvgIpc) is 2.43. The summed E-state index contributed by atoms with van der Waals surface area (Å²) in [5, 5.41) is 8.85. The summed E-state index contributed by atoms with van der Waals surface area (Å²) < 4.78 is 24.6. The lowest BCUT2D eigenvalue weighted by atomic mass is 10.3. The van der Waals surface area contributed by atoms with Crippen molar-refractivity contribution in [3.63, 3.8) is 0 Å². The van der Waals surface area contributed by atoms with Crippen LogP contribution in [0.5, 0.6) is 0 Å². The van der Waals surface area contributed by atoms with Gasteiger partial charge in [0.15, 0.2) is 0 Å². The number of halogens is 2. The average molecular weight is 221 g/mol. The molecule has 0 aromatic carbocycles. The second-order valence-corrected chi connectivity index (χ2v) is 3.87. The molecule has 14 heavy (non-hydrogen) atoms. The summed E-state index contributed by atoms with van der Waals surface area (Å²) >= 11 is 0.885. The molecule has 0 aliphatic carbocycles. The SMILES string of the molecule is Cc1nc(CCC(=O)O)sc1C(F)F. The topological polar surface area (TPSA) is 50.2 Å². The Bertz CT molecular complexity index is 338. The summed E-state index contributed by atoms with van der Waals surface area (Å²) in [7, 11) is 0. The normalized spacial score (nSPS) is 10.9. The van der Waals surface area contributed by atoms with Crippen LogP contribution in [-0.2, 0) is 11.2 Å². The number of thiazole rings is 1. The van der Waals surface area contributed by atoms with Crippen LogP contribution >= 0.6 is 11.3 Å². The number of rotatable bonds is 4. The Hall–Kier alpha value is -1.04. The van der Waals surface area contributed by atoms with Crippen molar-refractivity contribution in [3.05, 3.63) is 15.6 Å². The third-order valence-electron chi connectivity index (χ3n) is 1.63. The third-order valence-corrected chi connectivity index (χ3v) is 2.85. The maximum absolute atomic E-state index is 12.3. The van der Waals surface area contributed by atoms with Crippen LogP contribution in [0.25, 0.3) is 0 Å². The van der Waals surface area contributed by atoms with Gasteiger partial charge in [0.25, 0.3) is 6.43 Å². The Morgan fingerprint density at radius 1 is 1.64 bits per heavy atom. The first-order valence-corrected chi connectivity index (χ1v) is 4.78.